The number of aliphatic hydroxyl groups excluding tert-OH is 1. The molecular weight excluding hydrogens is 226 g/mol. The Kier molecular flexibility index (Phi) is 6.61. The normalized spacial score (nSPS) is 10.9. The number of aryl methyl sites for hydroxylation is 1. The van der Waals surface area contributed by atoms with E-state index in [4.69, 9.17) is 5.11 Å². The monoisotopic (exact) mass is 249 g/mol. The van der Waals surface area contributed by atoms with Crippen LogP contribution in [0.15, 0.2) is 24.3 Å². The van der Waals surface area contributed by atoms with Crippen LogP contribution in [0, 0.1) is 6.92 Å². The molecular formula is C15H23NO2. The molecule has 0 aliphatic rings. The lowest BCUT2D eigenvalue weighted by Gasteiger charge is -2.19. The molecule has 0 atom stereocenters. The van der Waals surface area contributed by atoms with Gasteiger partial charge in [-0.25, -0.2) is 0 Å². The second kappa shape index (κ2) is 8.01. The van der Waals surface area contributed by atoms with Crippen LogP contribution in [0.25, 0.3) is 0 Å². The summed E-state index contributed by atoms with van der Waals surface area (Å²) in [5, 5.41) is 8.95. The van der Waals surface area contributed by atoms with E-state index < -0.39 is 0 Å². The highest BCUT2D eigenvalue weighted by atomic mass is 16.3. The van der Waals surface area contributed by atoms with Crippen LogP contribution in [0.1, 0.15) is 35.7 Å². The van der Waals surface area contributed by atoms with E-state index in [2.05, 4.69) is 11.8 Å². The number of ketones is 1. The molecule has 0 unspecified atom stereocenters. The summed E-state index contributed by atoms with van der Waals surface area (Å²) in [6, 6.07) is 7.69. The number of hydrogen-bond acceptors (Lipinski definition) is 3. The van der Waals surface area contributed by atoms with Crippen molar-refractivity contribution in [2.75, 3.05) is 26.2 Å². The molecule has 1 aromatic rings. The quantitative estimate of drug-likeness (QED) is 0.719. The van der Waals surface area contributed by atoms with Crippen LogP contribution in [0.4, 0.5) is 0 Å². The van der Waals surface area contributed by atoms with Gasteiger partial charge < -0.3 is 10.0 Å². The first kappa shape index (κ1) is 14.9. The van der Waals surface area contributed by atoms with Crippen molar-refractivity contribution in [1.29, 1.82) is 0 Å². The van der Waals surface area contributed by atoms with E-state index in [1.165, 1.54) is 5.56 Å². The van der Waals surface area contributed by atoms with E-state index in [-0.39, 0.29) is 12.4 Å². The molecule has 0 heterocycles. The van der Waals surface area contributed by atoms with Gasteiger partial charge in [-0.05, 0) is 19.9 Å². The Balaban J connectivity index is 2.46. The first-order valence-electron chi connectivity index (χ1n) is 6.60. The van der Waals surface area contributed by atoms with Gasteiger partial charge in [-0.15, -0.1) is 0 Å². The van der Waals surface area contributed by atoms with Crippen molar-refractivity contribution in [3.63, 3.8) is 0 Å². The van der Waals surface area contributed by atoms with Gasteiger partial charge in [-0.3, -0.25) is 4.79 Å². The first-order valence-corrected chi connectivity index (χ1v) is 6.60. The Labute approximate surface area is 109 Å². The zero-order valence-corrected chi connectivity index (χ0v) is 11.4. The van der Waals surface area contributed by atoms with Crippen LogP contribution >= 0.6 is 0 Å². The van der Waals surface area contributed by atoms with Gasteiger partial charge in [0.25, 0.3) is 0 Å². The van der Waals surface area contributed by atoms with Crippen molar-refractivity contribution in [3.05, 3.63) is 35.4 Å². The smallest absolute Gasteiger partial charge is 0.164 e. The summed E-state index contributed by atoms with van der Waals surface area (Å²) in [5.74, 6) is 0.175. The highest BCUT2D eigenvalue weighted by molar-refractivity contribution is 5.96. The number of carbonyl (C=O) groups is 1. The second-order valence-electron chi connectivity index (χ2n) is 4.60. The fraction of sp³-hybridized carbons (Fsp3) is 0.533. The van der Waals surface area contributed by atoms with Crippen molar-refractivity contribution < 1.29 is 9.90 Å². The van der Waals surface area contributed by atoms with Crippen LogP contribution in [0.3, 0.4) is 0 Å². The minimum absolute atomic E-state index is 0.152. The molecule has 0 fully saturated rings. The molecule has 0 saturated carbocycles. The van der Waals surface area contributed by atoms with E-state index in [1.807, 2.05) is 31.2 Å². The maximum Gasteiger partial charge on any atom is 0.164 e. The maximum absolute atomic E-state index is 12.0. The molecule has 100 valence electrons. The third-order valence-electron chi connectivity index (χ3n) is 2.98. The van der Waals surface area contributed by atoms with Gasteiger partial charge in [-0.2, -0.15) is 0 Å². The molecule has 3 nitrogen and oxygen atoms in total. The highest BCUT2D eigenvalue weighted by Gasteiger charge is 2.09. The van der Waals surface area contributed by atoms with E-state index in [9.17, 15) is 4.79 Å². The number of nitrogens with zero attached hydrogens (tertiary/aromatic N) is 1. The summed E-state index contributed by atoms with van der Waals surface area (Å²) in [6.07, 6.45) is 1.56. The molecule has 1 aromatic carbocycles. The number of carbonyl (C=O) groups excluding carboxylic acids is 1. The van der Waals surface area contributed by atoms with E-state index in [0.717, 1.165) is 25.1 Å². The van der Waals surface area contributed by atoms with Gasteiger partial charge in [0, 0.05) is 25.1 Å². The molecule has 0 aliphatic carbocycles. The number of rotatable bonds is 8. The molecule has 18 heavy (non-hydrogen) atoms. The zero-order valence-electron chi connectivity index (χ0n) is 11.4. The van der Waals surface area contributed by atoms with Crippen molar-refractivity contribution in [2.24, 2.45) is 0 Å². The van der Waals surface area contributed by atoms with Gasteiger partial charge in [0.2, 0.25) is 0 Å². The second-order valence-corrected chi connectivity index (χ2v) is 4.60. The molecule has 1 N–H and O–H groups in total. The number of hydrogen-bond donors (Lipinski definition) is 1. The van der Waals surface area contributed by atoms with Gasteiger partial charge in [-0.1, -0.05) is 36.8 Å². The van der Waals surface area contributed by atoms with Crippen LogP contribution in [-0.4, -0.2) is 42.0 Å². The van der Waals surface area contributed by atoms with Crippen LogP contribution in [0.2, 0.25) is 0 Å². The summed E-state index contributed by atoms with van der Waals surface area (Å²) in [6.45, 7) is 6.57. The van der Waals surface area contributed by atoms with Gasteiger partial charge in [0.1, 0.15) is 0 Å². The van der Waals surface area contributed by atoms with Gasteiger partial charge >= 0.3 is 0 Å². The van der Waals surface area contributed by atoms with E-state index >= 15 is 0 Å². The molecule has 3 heteroatoms. The lowest BCUT2D eigenvalue weighted by Crippen LogP contribution is -2.30. The van der Waals surface area contributed by atoms with E-state index in [0.29, 0.717) is 13.0 Å². The maximum atomic E-state index is 12.0. The van der Waals surface area contributed by atoms with Crippen LogP contribution in [-0.2, 0) is 0 Å². The third-order valence-corrected chi connectivity index (χ3v) is 2.98. The summed E-state index contributed by atoms with van der Waals surface area (Å²) < 4.78 is 0. The minimum Gasteiger partial charge on any atom is -0.395 e. The highest BCUT2D eigenvalue weighted by Crippen LogP contribution is 2.07. The van der Waals surface area contributed by atoms with Crippen molar-refractivity contribution in [3.8, 4) is 0 Å². The molecule has 0 radical (unpaired) electrons. The first-order chi connectivity index (χ1) is 8.67. The van der Waals surface area contributed by atoms with Crippen molar-refractivity contribution >= 4 is 5.78 Å². The molecule has 0 saturated heterocycles. The Hall–Kier alpha value is -1.19. The number of aliphatic hydroxyl groups is 1. The topological polar surface area (TPSA) is 40.5 Å². The van der Waals surface area contributed by atoms with Crippen molar-refractivity contribution in [2.45, 2.75) is 26.7 Å². The Morgan fingerprint density at radius 3 is 2.39 bits per heavy atom. The SMILES string of the molecule is CCCN(CCO)CCC(=O)c1ccc(C)cc1. The van der Waals surface area contributed by atoms with Gasteiger partial charge in [0.15, 0.2) is 5.78 Å². The Bertz CT molecular complexity index is 353. The molecule has 0 bridgehead atoms. The summed E-state index contributed by atoms with van der Waals surface area (Å²) in [4.78, 5) is 14.1. The average molecular weight is 249 g/mol. The van der Waals surface area contributed by atoms with Crippen LogP contribution < -0.4 is 0 Å². The molecule has 0 spiro atoms. The number of Topliss-reactive ketones (excluding diaryl/α,β-unsaturated/α-hetero) is 1. The van der Waals surface area contributed by atoms with E-state index in [1.54, 1.807) is 0 Å². The molecule has 0 aromatic heterocycles. The molecule has 1 rings (SSSR count). The Morgan fingerprint density at radius 2 is 1.83 bits per heavy atom. The Morgan fingerprint density at radius 1 is 1.17 bits per heavy atom. The van der Waals surface area contributed by atoms with Crippen LogP contribution in [0.5, 0.6) is 0 Å². The molecule has 0 amide bonds. The minimum atomic E-state index is 0.152. The lowest BCUT2D eigenvalue weighted by atomic mass is 10.1. The predicted molar refractivity (Wildman–Crippen MR) is 73.9 cm³/mol. The third kappa shape index (κ3) is 4.98. The summed E-state index contributed by atoms with van der Waals surface area (Å²) >= 11 is 0. The predicted octanol–water partition coefficient (Wildman–Crippen LogP) is 2.27. The zero-order chi connectivity index (χ0) is 13.4. The number of benzene rings is 1. The largest absolute Gasteiger partial charge is 0.395 e. The fourth-order valence-corrected chi connectivity index (χ4v) is 1.94. The summed E-state index contributed by atoms with van der Waals surface area (Å²) in [7, 11) is 0. The average Bonchev–Trinajstić information content (AvgIpc) is 2.37. The summed E-state index contributed by atoms with van der Waals surface area (Å²) in [5.41, 5.74) is 1.94. The van der Waals surface area contributed by atoms with Crippen molar-refractivity contribution in [1.82, 2.24) is 4.90 Å². The van der Waals surface area contributed by atoms with Gasteiger partial charge in [0.05, 0.1) is 6.61 Å². The molecule has 0 aliphatic heterocycles. The lowest BCUT2D eigenvalue weighted by molar-refractivity contribution is 0.0957. The fourth-order valence-electron chi connectivity index (χ4n) is 1.94. The standard InChI is InChI=1S/C15H23NO2/c1-3-9-16(11-12-17)10-8-15(18)14-6-4-13(2)5-7-14/h4-7,17H,3,8-12H2,1-2H3.